The van der Waals surface area contributed by atoms with Gasteiger partial charge < -0.3 is 10.2 Å². The van der Waals surface area contributed by atoms with Gasteiger partial charge in [-0.25, -0.2) is 0 Å². The number of rotatable bonds is 4. The maximum atomic E-state index is 13.8. The highest BCUT2D eigenvalue weighted by molar-refractivity contribution is 6.12. The van der Waals surface area contributed by atoms with E-state index < -0.39 is 0 Å². The van der Waals surface area contributed by atoms with Gasteiger partial charge in [-0.2, -0.15) is 0 Å². The van der Waals surface area contributed by atoms with Crippen molar-refractivity contribution in [3.05, 3.63) is 89.5 Å². The minimum atomic E-state index is -0.133. The van der Waals surface area contributed by atoms with Gasteiger partial charge in [0.25, 0.3) is 5.91 Å². The van der Waals surface area contributed by atoms with E-state index in [-0.39, 0.29) is 12.1 Å². The summed E-state index contributed by atoms with van der Waals surface area (Å²) in [5.41, 5.74) is 6.16. The first-order valence-electron chi connectivity index (χ1n) is 11.3. The smallest absolute Gasteiger partial charge is 0.262 e. The number of amides is 1. The third kappa shape index (κ3) is 4.02. The second kappa shape index (κ2) is 8.46. The molecule has 0 bridgehead atoms. The standard InChI is InChI=1S/C27H29N3O/c1-20-10-12-22(13-11-20)30-26(18-21-8-4-2-5-9-21)28-25-15-14-23(19-24(25)27(30)31)29-16-6-3-7-17-29/h2,4-5,8-15,19,26,28H,3,6-7,16-18H2,1H3. The summed E-state index contributed by atoms with van der Waals surface area (Å²) in [6, 6.07) is 24.9. The van der Waals surface area contributed by atoms with Gasteiger partial charge in [-0.05, 0) is 62.1 Å². The van der Waals surface area contributed by atoms with E-state index in [9.17, 15) is 4.79 Å². The molecule has 3 aromatic rings. The Bertz CT molecular complexity index is 1060. The monoisotopic (exact) mass is 411 g/mol. The molecule has 0 radical (unpaired) electrons. The van der Waals surface area contributed by atoms with Crippen molar-refractivity contribution in [3.8, 4) is 0 Å². The molecular weight excluding hydrogens is 382 g/mol. The first kappa shape index (κ1) is 19.7. The zero-order valence-corrected chi connectivity index (χ0v) is 18.1. The van der Waals surface area contributed by atoms with Crippen LogP contribution in [0.1, 0.15) is 40.7 Å². The minimum absolute atomic E-state index is 0.0670. The number of carbonyl (C=O) groups is 1. The molecule has 0 saturated carbocycles. The Kier molecular flexibility index (Phi) is 5.37. The van der Waals surface area contributed by atoms with Crippen LogP contribution in [0.2, 0.25) is 0 Å². The molecule has 4 nitrogen and oxygen atoms in total. The van der Waals surface area contributed by atoms with Crippen LogP contribution in [0.25, 0.3) is 0 Å². The molecule has 2 aliphatic rings. The first-order valence-corrected chi connectivity index (χ1v) is 11.3. The Morgan fingerprint density at radius 2 is 1.58 bits per heavy atom. The van der Waals surface area contributed by atoms with Crippen molar-refractivity contribution in [1.29, 1.82) is 0 Å². The van der Waals surface area contributed by atoms with E-state index in [4.69, 9.17) is 0 Å². The van der Waals surface area contributed by atoms with E-state index in [2.05, 4.69) is 71.7 Å². The third-order valence-corrected chi connectivity index (χ3v) is 6.39. The maximum absolute atomic E-state index is 13.8. The fourth-order valence-electron chi connectivity index (χ4n) is 4.68. The van der Waals surface area contributed by atoms with E-state index in [1.807, 2.05) is 23.1 Å². The van der Waals surface area contributed by atoms with Crippen LogP contribution in [-0.2, 0) is 6.42 Å². The van der Waals surface area contributed by atoms with Crippen LogP contribution in [0.3, 0.4) is 0 Å². The summed E-state index contributed by atoms with van der Waals surface area (Å²) in [5.74, 6) is 0.0670. The number of benzene rings is 3. The van der Waals surface area contributed by atoms with Crippen molar-refractivity contribution in [2.75, 3.05) is 28.2 Å². The molecule has 1 N–H and O–H groups in total. The molecule has 0 spiro atoms. The lowest BCUT2D eigenvalue weighted by Crippen LogP contribution is -2.50. The van der Waals surface area contributed by atoms with Gasteiger partial charge in [0.15, 0.2) is 0 Å². The van der Waals surface area contributed by atoms with Crippen LogP contribution in [0, 0.1) is 6.92 Å². The van der Waals surface area contributed by atoms with Gasteiger partial charge in [0.1, 0.15) is 6.17 Å². The quantitative estimate of drug-likeness (QED) is 0.605. The Hall–Kier alpha value is -3.27. The van der Waals surface area contributed by atoms with Crippen molar-refractivity contribution in [3.63, 3.8) is 0 Å². The fraction of sp³-hybridized carbons (Fsp3) is 0.296. The van der Waals surface area contributed by atoms with Crippen LogP contribution in [0.4, 0.5) is 17.1 Å². The third-order valence-electron chi connectivity index (χ3n) is 6.39. The molecule has 1 unspecified atom stereocenters. The van der Waals surface area contributed by atoms with E-state index in [0.29, 0.717) is 0 Å². The predicted molar refractivity (Wildman–Crippen MR) is 128 cm³/mol. The summed E-state index contributed by atoms with van der Waals surface area (Å²) >= 11 is 0. The van der Waals surface area contributed by atoms with Gasteiger partial charge in [-0.1, -0.05) is 48.0 Å². The number of nitrogens with zero attached hydrogens (tertiary/aromatic N) is 2. The zero-order chi connectivity index (χ0) is 21.2. The molecular formula is C27H29N3O. The van der Waals surface area contributed by atoms with Crippen LogP contribution in [0.5, 0.6) is 0 Å². The highest BCUT2D eigenvalue weighted by atomic mass is 16.2. The first-order chi connectivity index (χ1) is 15.2. The number of fused-ring (bicyclic) bond motifs is 1. The van der Waals surface area contributed by atoms with E-state index in [1.165, 1.54) is 30.4 Å². The second-order valence-corrected chi connectivity index (χ2v) is 8.64. The summed E-state index contributed by atoms with van der Waals surface area (Å²) in [6.45, 7) is 4.21. The van der Waals surface area contributed by atoms with Crippen LogP contribution in [0.15, 0.2) is 72.8 Å². The molecule has 1 fully saturated rings. The molecule has 158 valence electrons. The average Bonchev–Trinajstić information content (AvgIpc) is 2.81. The van der Waals surface area contributed by atoms with Gasteiger partial charge in [-0.3, -0.25) is 9.69 Å². The number of carbonyl (C=O) groups excluding carboxylic acids is 1. The lowest BCUT2D eigenvalue weighted by Gasteiger charge is -2.39. The van der Waals surface area contributed by atoms with Crippen molar-refractivity contribution < 1.29 is 4.79 Å². The van der Waals surface area contributed by atoms with Gasteiger partial charge in [0.2, 0.25) is 0 Å². The molecule has 4 heteroatoms. The Morgan fingerprint density at radius 1 is 0.871 bits per heavy atom. The average molecular weight is 412 g/mol. The summed E-state index contributed by atoms with van der Waals surface area (Å²) < 4.78 is 0. The summed E-state index contributed by atoms with van der Waals surface area (Å²) in [7, 11) is 0. The lowest BCUT2D eigenvalue weighted by molar-refractivity contribution is 0.0975. The molecule has 5 rings (SSSR count). The SMILES string of the molecule is Cc1ccc(N2C(=O)c3cc(N4CCCCC4)ccc3NC2Cc2ccccc2)cc1. The summed E-state index contributed by atoms with van der Waals surface area (Å²) in [6.07, 6.45) is 4.35. The van der Waals surface area contributed by atoms with Crippen molar-refractivity contribution in [1.82, 2.24) is 0 Å². The van der Waals surface area contributed by atoms with Crippen LogP contribution >= 0.6 is 0 Å². The number of hydrogen-bond acceptors (Lipinski definition) is 3. The van der Waals surface area contributed by atoms with Gasteiger partial charge >= 0.3 is 0 Å². The second-order valence-electron chi connectivity index (χ2n) is 8.64. The number of nitrogens with one attached hydrogen (secondary N) is 1. The molecule has 2 heterocycles. The molecule has 1 amide bonds. The van der Waals surface area contributed by atoms with Gasteiger partial charge in [0.05, 0.1) is 5.56 Å². The highest BCUT2D eigenvalue weighted by Crippen LogP contribution is 2.34. The van der Waals surface area contributed by atoms with Gasteiger partial charge in [-0.15, -0.1) is 0 Å². The zero-order valence-electron chi connectivity index (χ0n) is 18.1. The molecule has 2 aliphatic heterocycles. The lowest BCUT2D eigenvalue weighted by atomic mass is 10.0. The van der Waals surface area contributed by atoms with Crippen molar-refractivity contribution >= 4 is 23.0 Å². The normalized spacial score (nSPS) is 18.5. The van der Waals surface area contributed by atoms with Crippen LogP contribution < -0.4 is 15.1 Å². The highest BCUT2D eigenvalue weighted by Gasteiger charge is 2.33. The molecule has 0 aliphatic carbocycles. The Morgan fingerprint density at radius 3 is 2.32 bits per heavy atom. The summed E-state index contributed by atoms with van der Waals surface area (Å²) in [5, 5.41) is 3.66. The number of hydrogen-bond donors (Lipinski definition) is 1. The summed E-state index contributed by atoms with van der Waals surface area (Å²) in [4.78, 5) is 18.1. The largest absolute Gasteiger partial charge is 0.372 e. The number of piperidine rings is 1. The predicted octanol–water partition coefficient (Wildman–Crippen LogP) is 5.63. The van der Waals surface area contributed by atoms with Gasteiger partial charge in [0, 0.05) is 36.6 Å². The fourth-order valence-corrected chi connectivity index (χ4v) is 4.68. The topological polar surface area (TPSA) is 35.6 Å². The minimum Gasteiger partial charge on any atom is -0.372 e. The molecule has 31 heavy (non-hydrogen) atoms. The van der Waals surface area contributed by atoms with Crippen LogP contribution in [-0.4, -0.2) is 25.2 Å². The van der Waals surface area contributed by atoms with Crippen molar-refractivity contribution in [2.24, 2.45) is 0 Å². The van der Waals surface area contributed by atoms with Crippen molar-refractivity contribution in [2.45, 2.75) is 38.8 Å². The molecule has 0 aromatic heterocycles. The Balaban J connectivity index is 1.52. The van der Waals surface area contributed by atoms with E-state index in [1.54, 1.807) is 0 Å². The number of anilines is 3. The Labute approximate surface area is 184 Å². The van der Waals surface area contributed by atoms with E-state index >= 15 is 0 Å². The molecule has 3 aromatic carbocycles. The van der Waals surface area contributed by atoms with E-state index in [0.717, 1.165) is 42.1 Å². The number of aryl methyl sites for hydroxylation is 1. The molecule has 1 atom stereocenters. The molecule has 1 saturated heterocycles. The maximum Gasteiger partial charge on any atom is 0.262 e.